The SMILES string of the molecule is CCC(NC(=O)c1n[nH]c(=O)c2ccccc12)c1ccc(C)cn1. The maximum atomic E-state index is 12.7. The molecule has 0 aliphatic heterocycles. The molecule has 1 atom stereocenters. The van der Waals surface area contributed by atoms with E-state index >= 15 is 0 Å². The summed E-state index contributed by atoms with van der Waals surface area (Å²) in [5, 5.41) is 10.2. The van der Waals surface area contributed by atoms with Gasteiger partial charge in [-0.1, -0.05) is 31.2 Å². The fourth-order valence-electron chi connectivity index (χ4n) is 2.58. The number of aromatic amines is 1. The number of pyridine rings is 1. The van der Waals surface area contributed by atoms with Gasteiger partial charge in [-0.2, -0.15) is 5.10 Å². The lowest BCUT2D eigenvalue weighted by Crippen LogP contribution is -2.30. The minimum atomic E-state index is -0.336. The highest BCUT2D eigenvalue weighted by atomic mass is 16.2. The Hall–Kier alpha value is -3.02. The Morgan fingerprint density at radius 2 is 1.96 bits per heavy atom. The Labute approximate surface area is 138 Å². The van der Waals surface area contributed by atoms with E-state index in [4.69, 9.17) is 0 Å². The van der Waals surface area contributed by atoms with Crippen LogP contribution in [0.15, 0.2) is 47.4 Å². The molecule has 0 radical (unpaired) electrons. The smallest absolute Gasteiger partial charge is 0.272 e. The first-order valence-corrected chi connectivity index (χ1v) is 7.81. The van der Waals surface area contributed by atoms with Gasteiger partial charge in [-0.25, -0.2) is 5.10 Å². The molecule has 2 N–H and O–H groups in total. The quantitative estimate of drug-likeness (QED) is 0.772. The minimum Gasteiger partial charge on any atom is -0.342 e. The molecule has 3 rings (SSSR count). The molecule has 24 heavy (non-hydrogen) atoms. The molecule has 1 amide bonds. The molecule has 0 saturated heterocycles. The number of nitrogens with one attached hydrogen (secondary N) is 2. The lowest BCUT2D eigenvalue weighted by atomic mass is 10.1. The van der Waals surface area contributed by atoms with E-state index < -0.39 is 0 Å². The number of benzene rings is 1. The number of carbonyl (C=O) groups is 1. The van der Waals surface area contributed by atoms with Crippen molar-refractivity contribution in [2.45, 2.75) is 26.3 Å². The second kappa shape index (κ2) is 6.62. The largest absolute Gasteiger partial charge is 0.342 e. The molecule has 2 aromatic heterocycles. The van der Waals surface area contributed by atoms with Gasteiger partial charge in [0.05, 0.1) is 17.1 Å². The van der Waals surface area contributed by atoms with Gasteiger partial charge in [0.15, 0.2) is 5.69 Å². The number of rotatable bonds is 4. The van der Waals surface area contributed by atoms with Crippen LogP contribution in [0.1, 0.15) is 41.1 Å². The van der Waals surface area contributed by atoms with Crippen LogP contribution in [0, 0.1) is 6.92 Å². The molecule has 2 heterocycles. The highest BCUT2D eigenvalue weighted by Gasteiger charge is 2.19. The molecular formula is C18H18N4O2. The molecular weight excluding hydrogens is 304 g/mol. The Kier molecular flexibility index (Phi) is 4.37. The Morgan fingerprint density at radius 1 is 1.21 bits per heavy atom. The molecule has 0 aliphatic carbocycles. The Balaban J connectivity index is 1.93. The number of aromatic nitrogens is 3. The topological polar surface area (TPSA) is 87.7 Å². The van der Waals surface area contributed by atoms with Crippen molar-refractivity contribution in [3.8, 4) is 0 Å². The van der Waals surface area contributed by atoms with Gasteiger partial charge in [0, 0.05) is 11.6 Å². The van der Waals surface area contributed by atoms with Crippen LogP contribution in [-0.2, 0) is 0 Å². The molecule has 6 heteroatoms. The van der Waals surface area contributed by atoms with E-state index in [1.807, 2.05) is 26.0 Å². The second-order valence-electron chi connectivity index (χ2n) is 5.64. The molecule has 6 nitrogen and oxygen atoms in total. The van der Waals surface area contributed by atoms with Gasteiger partial charge in [0.2, 0.25) is 0 Å². The van der Waals surface area contributed by atoms with Gasteiger partial charge >= 0.3 is 0 Å². The van der Waals surface area contributed by atoms with Gasteiger partial charge in [0.1, 0.15) is 0 Å². The van der Waals surface area contributed by atoms with Crippen molar-refractivity contribution in [3.63, 3.8) is 0 Å². The van der Waals surface area contributed by atoms with Crippen molar-refractivity contribution in [2.24, 2.45) is 0 Å². The van der Waals surface area contributed by atoms with Crippen molar-refractivity contribution in [2.75, 3.05) is 0 Å². The molecule has 1 aromatic carbocycles. The number of carbonyl (C=O) groups excluding carboxylic acids is 1. The van der Waals surface area contributed by atoms with Gasteiger partial charge in [0.25, 0.3) is 11.5 Å². The number of fused-ring (bicyclic) bond motifs is 1. The number of aryl methyl sites for hydroxylation is 1. The summed E-state index contributed by atoms with van der Waals surface area (Å²) < 4.78 is 0. The molecule has 0 bridgehead atoms. The van der Waals surface area contributed by atoms with E-state index in [1.165, 1.54) is 0 Å². The average molecular weight is 322 g/mol. The molecule has 1 unspecified atom stereocenters. The summed E-state index contributed by atoms with van der Waals surface area (Å²) in [6.45, 7) is 3.94. The maximum Gasteiger partial charge on any atom is 0.272 e. The third kappa shape index (κ3) is 3.03. The highest BCUT2D eigenvalue weighted by molar-refractivity contribution is 6.04. The Morgan fingerprint density at radius 3 is 2.62 bits per heavy atom. The van der Waals surface area contributed by atoms with Crippen molar-refractivity contribution in [1.29, 1.82) is 0 Å². The lowest BCUT2D eigenvalue weighted by Gasteiger charge is -2.16. The molecule has 3 aromatic rings. The predicted octanol–water partition coefficient (Wildman–Crippen LogP) is 2.51. The van der Waals surface area contributed by atoms with E-state index in [1.54, 1.807) is 30.5 Å². The minimum absolute atomic E-state index is 0.204. The standard InChI is InChI=1S/C18H18N4O2/c1-3-14(15-9-8-11(2)10-19-15)20-18(24)16-12-6-4-5-7-13(12)17(23)22-21-16/h4-10,14H,3H2,1-2H3,(H,20,24)(H,22,23). The zero-order valence-corrected chi connectivity index (χ0v) is 13.5. The van der Waals surface area contributed by atoms with Crippen molar-refractivity contribution in [1.82, 2.24) is 20.5 Å². The second-order valence-corrected chi connectivity index (χ2v) is 5.64. The molecule has 0 fully saturated rings. The van der Waals surface area contributed by atoms with Crippen LogP contribution in [0.5, 0.6) is 0 Å². The monoisotopic (exact) mass is 322 g/mol. The first-order valence-electron chi connectivity index (χ1n) is 7.81. The van der Waals surface area contributed by atoms with Crippen LogP contribution in [0.3, 0.4) is 0 Å². The summed E-state index contributed by atoms with van der Waals surface area (Å²) in [7, 11) is 0. The third-order valence-corrected chi connectivity index (χ3v) is 3.92. The van der Waals surface area contributed by atoms with E-state index in [-0.39, 0.29) is 23.2 Å². The van der Waals surface area contributed by atoms with Crippen LogP contribution in [0.2, 0.25) is 0 Å². The average Bonchev–Trinajstić information content (AvgIpc) is 2.61. The van der Waals surface area contributed by atoms with E-state index in [0.717, 1.165) is 11.3 Å². The van der Waals surface area contributed by atoms with Gasteiger partial charge in [-0.3, -0.25) is 14.6 Å². The number of hydrogen-bond acceptors (Lipinski definition) is 4. The van der Waals surface area contributed by atoms with E-state index in [2.05, 4.69) is 20.5 Å². The zero-order valence-electron chi connectivity index (χ0n) is 13.5. The molecule has 122 valence electrons. The third-order valence-electron chi connectivity index (χ3n) is 3.92. The first kappa shape index (κ1) is 15.9. The Bertz CT molecular complexity index is 932. The predicted molar refractivity (Wildman–Crippen MR) is 91.8 cm³/mol. The number of amides is 1. The summed E-state index contributed by atoms with van der Waals surface area (Å²) in [4.78, 5) is 28.9. The molecule has 0 aliphatic rings. The van der Waals surface area contributed by atoms with Crippen molar-refractivity contribution < 1.29 is 4.79 Å². The molecule has 0 spiro atoms. The summed E-state index contributed by atoms with van der Waals surface area (Å²) in [6, 6.07) is 10.6. The van der Waals surface area contributed by atoms with Crippen LogP contribution in [0.4, 0.5) is 0 Å². The van der Waals surface area contributed by atoms with Crippen molar-refractivity contribution in [3.05, 3.63) is 69.9 Å². The fraction of sp³-hybridized carbons (Fsp3) is 0.222. The van der Waals surface area contributed by atoms with Crippen LogP contribution in [0.25, 0.3) is 10.8 Å². The van der Waals surface area contributed by atoms with Crippen molar-refractivity contribution >= 4 is 16.7 Å². The van der Waals surface area contributed by atoms with Crippen LogP contribution in [-0.4, -0.2) is 21.1 Å². The van der Waals surface area contributed by atoms with Gasteiger partial charge < -0.3 is 5.32 Å². The molecule has 0 saturated carbocycles. The summed E-state index contributed by atoms with van der Waals surface area (Å²) in [5.74, 6) is -0.336. The first-order chi connectivity index (χ1) is 11.6. The number of hydrogen-bond donors (Lipinski definition) is 2. The highest BCUT2D eigenvalue weighted by Crippen LogP contribution is 2.17. The van der Waals surface area contributed by atoms with Gasteiger partial charge in [-0.15, -0.1) is 0 Å². The van der Waals surface area contributed by atoms with E-state index in [9.17, 15) is 9.59 Å². The van der Waals surface area contributed by atoms with Gasteiger partial charge in [-0.05, 0) is 31.0 Å². The van der Waals surface area contributed by atoms with Crippen LogP contribution < -0.4 is 10.9 Å². The van der Waals surface area contributed by atoms with E-state index in [0.29, 0.717) is 17.2 Å². The zero-order chi connectivity index (χ0) is 17.1. The number of nitrogens with zero attached hydrogens (tertiary/aromatic N) is 2. The summed E-state index contributed by atoms with van der Waals surface area (Å²) >= 11 is 0. The lowest BCUT2D eigenvalue weighted by molar-refractivity contribution is 0.0930. The normalized spacial score (nSPS) is 12.1. The fourth-order valence-corrected chi connectivity index (χ4v) is 2.58. The van der Waals surface area contributed by atoms with Crippen LogP contribution >= 0.6 is 0 Å². The summed E-state index contributed by atoms with van der Waals surface area (Å²) in [6.07, 6.45) is 2.47. The summed E-state index contributed by atoms with van der Waals surface area (Å²) in [5.41, 5.74) is 1.75. The maximum absolute atomic E-state index is 12.7. The number of H-pyrrole nitrogens is 1.